The van der Waals surface area contributed by atoms with Crippen LogP contribution in [0.4, 0.5) is 0 Å². The van der Waals surface area contributed by atoms with E-state index in [1.54, 1.807) is 24.3 Å². The zero-order chi connectivity index (χ0) is 16.3. The fourth-order valence-corrected chi connectivity index (χ4v) is 2.31. The van der Waals surface area contributed by atoms with Gasteiger partial charge in [0.05, 0.1) is 0 Å². The Labute approximate surface area is 145 Å². The summed E-state index contributed by atoms with van der Waals surface area (Å²) in [5, 5.41) is 0. The highest BCUT2D eigenvalue weighted by Crippen LogP contribution is 2.31. The molecule has 0 spiro atoms. The number of nitrogens with zero attached hydrogens (tertiary/aromatic N) is 2. The molecule has 0 bridgehead atoms. The lowest BCUT2D eigenvalue weighted by Gasteiger charge is -2.18. The van der Waals surface area contributed by atoms with Crippen molar-refractivity contribution in [3.63, 3.8) is 0 Å². The van der Waals surface area contributed by atoms with Gasteiger partial charge in [-0.1, -0.05) is 76.7 Å². The van der Waals surface area contributed by atoms with Crippen molar-refractivity contribution < 1.29 is 0 Å². The van der Waals surface area contributed by atoms with E-state index in [4.69, 9.17) is 46.4 Å². The minimum Gasteiger partial charge on any atom is -0.274 e. The van der Waals surface area contributed by atoms with Crippen LogP contribution in [0.2, 0.25) is 0 Å². The maximum absolute atomic E-state index is 11.9. The molecule has 0 fully saturated rings. The molecule has 1 unspecified atom stereocenters. The molecular weight excluding hydrogens is 372 g/mol. The van der Waals surface area contributed by atoms with E-state index in [1.165, 1.54) is 0 Å². The minimum atomic E-state index is -2.01. The third-order valence-electron chi connectivity index (χ3n) is 2.62. The van der Waals surface area contributed by atoms with Gasteiger partial charge in [-0.05, 0) is 5.56 Å². The van der Waals surface area contributed by atoms with Crippen LogP contribution in [0.3, 0.4) is 0 Å². The number of aromatic nitrogens is 2. The molecule has 1 aromatic heterocycles. The summed E-state index contributed by atoms with van der Waals surface area (Å²) >= 11 is 23.8. The third-order valence-corrected chi connectivity index (χ3v) is 3.47. The topological polar surface area (TPSA) is 67.2 Å². The average molecular weight is 381 g/mol. The SMILES string of the molecule is O=c1ccn(C(=NC(Cl)c2ccccc2)C(Cl)(Cl)Cl)c(=O)[nH]1. The molecule has 116 valence electrons. The number of alkyl halides is 4. The first-order valence-corrected chi connectivity index (χ1v) is 7.52. The van der Waals surface area contributed by atoms with E-state index in [9.17, 15) is 9.59 Å². The van der Waals surface area contributed by atoms with E-state index in [0.717, 1.165) is 16.8 Å². The highest BCUT2D eigenvalue weighted by atomic mass is 35.6. The second-order valence-corrected chi connectivity index (χ2v) is 6.87. The summed E-state index contributed by atoms with van der Waals surface area (Å²) in [6, 6.07) is 9.97. The van der Waals surface area contributed by atoms with Gasteiger partial charge in [0, 0.05) is 12.3 Å². The fraction of sp³-hybridized carbons (Fsp3) is 0.154. The normalized spacial score (nSPS) is 13.9. The maximum Gasteiger partial charge on any atom is 0.333 e. The zero-order valence-corrected chi connectivity index (χ0v) is 13.9. The molecule has 2 aromatic rings. The van der Waals surface area contributed by atoms with Crippen molar-refractivity contribution >= 4 is 52.2 Å². The first-order valence-electron chi connectivity index (χ1n) is 5.95. The van der Waals surface area contributed by atoms with Gasteiger partial charge in [0.1, 0.15) is 0 Å². The number of benzene rings is 1. The van der Waals surface area contributed by atoms with Crippen molar-refractivity contribution in [2.75, 3.05) is 0 Å². The number of nitrogens with one attached hydrogen (secondary N) is 1. The monoisotopic (exact) mass is 379 g/mol. The van der Waals surface area contributed by atoms with Gasteiger partial charge in [0.25, 0.3) is 5.56 Å². The number of aliphatic imine (C=N–C) groups is 1. The Hall–Kier alpha value is -1.27. The van der Waals surface area contributed by atoms with Gasteiger partial charge in [0.2, 0.25) is 3.79 Å². The van der Waals surface area contributed by atoms with E-state index < -0.39 is 20.5 Å². The molecule has 0 radical (unpaired) electrons. The van der Waals surface area contributed by atoms with Crippen molar-refractivity contribution in [2.45, 2.75) is 9.29 Å². The highest BCUT2D eigenvalue weighted by Gasteiger charge is 2.31. The molecule has 0 amide bonds. The van der Waals surface area contributed by atoms with Gasteiger partial charge in [0.15, 0.2) is 11.3 Å². The summed E-state index contributed by atoms with van der Waals surface area (Å²) in [7, 11) is 0. The molecule has 1 N–H and O–H groups in total. The van der Waals surface area contributed by atoms with E-state index in [0.29, 0.717) is 5.56 Å². The van der Waals surface area contributed by atoms with Crippen LogP contribution in [0.1, 0.15) is 11.1 Å². The second kappa shape index (κ2) is 6.87. The molecular formula is C13H9Cl4N3O2. The number of halogens is 4. The van der Waals surface area contributed by atoms with E-state index in [2.05, 4.69) is 9.98 Å². The number of rotatable bonds is 2. The van der Waals surface area contributed by atoms with Crippen LogP contribution in [0.25, 0.3) is 0 Å². The number of aromatic amines is 1. The Morgan fingerprint density at radius 2 is 1.77 bits per heavy atom. The van der Waals surface area contributed by atoms with Crippen LogP contribution in [-0.2, 0) is 0 Å². The van der Waals surface area contributed by atoms with Gasteiger partial charge in [-0.25, -0.2) is 9.79 Å². The molecule has 2 rings (SSSR count). The van der Waals surface area contributed by atoms with Crippen LogP contribution in [0, 0.1) is 0 Å². The molecule has 5 nitrogen and oxygen atoms in total. The van der Waals surface area contributed by atoms with Crippen molar-refractivity contribution in [3.8, 4) is 0 Å². The molecule has 0 aliphatic heterocycles. The lowest BCUT2D eigenvalue weighted by molar-refractivity contribution is 0.893. The minimum absolute atomic E-state index is 0.220. The molecule has 1 atom stereocenters. The third kappa shape index (κ3) is 4.14. The number of hydrogen-bond donors (Lipinski definition) is 1. The van der Waals surface area contributed by atoms with E-state index in [1.807, 2.05) is 6.07 Å². The lowest BCUT2D eigenvalue weighted by atomic mass is 10.2. The van der Waals surface area contributed by atoms with Crippen molar-refractivity contribution in [2.24, 2.45) is 4.99 Å². The van der Waals surface area contributed by atoms with Gasteiger partial charge in [-0.2, -0.15) is 0 Å². The second-order valence-electron chi connectivity index (χ2n) is 4.18. The Kier molecular flexibility index (Phi) is 5.34. The van der Waals surface area contributed by atoms with Crippen LogP contribution < -0.4 is 11.2 Å². The molecule has 1 heterocycles. The summed E-state index contributed by atoms with van der Waals surface area (Å²) in [6.07, 6.45) is 1.16. The molecule has 0 saturated carbocycles. The van der Waals surface area contributed by atoms with Gasteiger partial charge in [-0.3, -0.25) is 14.3 Å². The Morgan fingerprint density at radius 1 is 1.14 bits per heavy atom. The van der Waals surface area contributed by atoms with E-state index >= 15 is 0 Å². The molecule has 0 aliphatic carbocycles. The molecule has 0 aliphatic rings. The van der Waals surface area contributed by atoms with E-state index in [-0.39, 0.29) is 5.84 Å². The Bertz CT molecular complexity index is 793. The maximum atomic E-state index is 11.9. The molecule has 9 heteroatoms. The van der Waals surface area contributed by atoms with Crippen LogP contribution in [0.15, 0.2) is 57.2 Å². The van der Waals surface area contributed by atoms with Crippen LogP contribution >= 0.6 is 46.4 Å². The number of hydrogen-bond acceptors (Lipinski definition) is 3. The summed E-state index contributed by atoms with van der Waals surface area (Å²) in [5.41, 5.74) is -1.57. The van der Waals surface area contributed by atoms with Crippen molar-refractivity contribution in [1.29, 1.82) is 0 Å². The zero-order valence-electron chi connectivity index (χ0n) is 10.8. The lowest BCUT2D eigenvalue weighted by Crippen LogP contribution is -2.39. The smallest absolute Gasteiger partial charge is 0.274 e. The molecule has 1 aromatic carbocycles. The van der Waals surface area contributed by atoms with Crippen molar-refractivity contribution in [1.82, 2.24) is 9.55 Å². The van der Waals surface area contributed by atoms with Gasteiger partial charge < -0.3 is 0 Å². The van der Waals surface area contributed by atoms with Gasteiger partial charge in [-0.15, -0.1) is 0 Å². The average Bonchev–Trinajstić information content (AvgIpc) is 2.45. The van der Waals surface area contributed by atoms with Crippen LogP contribution in [0.5, 0.6) is 0 Å². The largest absolute Gasteiger partial charge is 0.333 e. The summed E-state index contributed by atoms with van der Waals surface area (Å²) in [5.74, 6) is -0.220. The van der Waals surface area contributed by atoms with Crippen LogP contribution in [-0.4, -0.2) is 19.2 Å². The molecule has 0 saturated heterocycles. The Morgan fingerprint density at radius 3 is 2.32 bits per heavy atom. The predicted molar refractivity (Wildman–Crippen MR) is 89.5 cm³/mol. The first kappa shape index (κ1) is 17.1. The Balaban J connectivity index is 2.54. The highest BCUT2D eigenvalue weighted by molar-refractivity contribution is 6.76. The molecule has 22 heavy (non-hydrogen) atoms. The van der Waals surface area contributed by atoms with Crippen molar-refractivity contribution in [3.05, 3.63) is 69.0 Å². The van der Waals surface area contributed by atoms with Gasteiger partial charge >= 0.3 is 5.69 Å². The standard InChI is InChI=1S/C13H9Cl4N3O2/c14-10(8-4-2-1-3-5-8)19-11(13(15,16)17)20-7-6-9(21)18-12(20)22/h1-7,10H,(H,18,21,22). The summed E-state index contributed by atoms with van der Waals surface area (Å²) in [4.78, 5) is 29.1. The first-order chi connectivity index (χ1) is 10.3. The fourth-order valence-electron chi connectivity index (χ4n) is 1.65. The quantitative estimate of drug-likeness (QED) is 0.376. The predicted octanol–water partition coefficient (Wildman–Crippen LogP) is 3.09. The number of H-pyrrole nitrogens is 1. The summed E-state index contributed by atoms with van der Waals surface area (Å²) < 4.78 is -1.09. The summed E-state index contributed by atoms with van der Waals surface area (Å²) in [6.45, 7) is 0.